The monoisotopic (exact) mass is 244 g/mol. The van der Waals surface area contributed by atoms with Crippen molar-refractivity contribution < 1.29 is 14.3 Å². The quantitative estimate of drug-likeness (QED) is 0.776. The number of benzene rings is 2. The molecule has 0 heterocycles. The van der Waals surface area contributed by atoms with Gasteiger partial charge in [-0.05, 0) is 35.4 Å². The van der Waals surface area contributed by atoms with Crippen LogP contribution in [0.25, 0.3) is 10.8 Å². The molecule has 0 unspecified atom stereocenters. The fourth-order valence-corrected chi connectivity index (χ4v) is 1.98. The van der Waals surface area contributed by atoms with Gasteiger partial charge in [0.15, 0.2) is 0 Å². The zero-order valence-electron chi connectivity index (χ0n) is 10.6. The first-order valence-electron chi connectivity index (χ1n) is 5.96. The van der Waals surface area contributed by atoms with Crippen molar-refractivity contribution in [1.82, 2.24) is 0 Å². The van der Waals surface area contributed by atoms with Crippen LogP contribution in [-0.4, -0.2) is 19.7 Å². The Labute approximate surface area is 106 Å². The molecule has 0 amide bonds. The van der Waals surface area contributed by atoms with Gasteiger partial charge in [-0.1, -0.05) is 24.3 Å². The number of hydrogen-bond donors (Lipinski definition) is 0. The maximum absolute atomic E-state index is 11.5. The van der Waals surface area contributed by atoms with Crippen LogP contribution in [0.5, 0.6) is 5.75 Å². The van der Waals surface area contributed by atoms with E-state index in [1.54, 1.807) is 7.11 Å². The van der Waals surface area contributed by atoms with Crippen LogP contribution in [0.1, 0.15) is 12.5 Å². The first kappa shape index (κ1) is 12.4. The van der Waals surface area contributed by atoms with Crippen LogP contribution in [0.2, 0.25) is 0 Å². The third kappa shape index (κ3) is 2.62. The normalized spacial score (nSPS) is 10.3. The van der Waals surface area contributed by atoms with Gasteiger partial charge in [-0.2, -0.15) is 0 Å². The summed E-state index contributed by atoms with van der Waals surface area (Å²) in [5.74, 6) is 0.622. The van der Waals surface area contributed by atoms with Crippen molar-refractivity contribution in [3.63, 3.8) is 0 Å². The first-order chi connectivity index (χ1) is 8.74. The Bertz CT molecular complexity index is 561. The number of methoxy groups -OCH3 is 1. The summed E-state index contributed by atoms with van der Waals surface area (Å²) in [6.45, 7) is 2.23. The third-order valence-corrected chi connectivity index (χ3v) is 2.82. The predicted molar refractivity (Wildman–Crippen MR) is 70.8 cm³/mol. The largest absolute Gasteiger partial charge is 0.497 e. The number of carbonyl (C=O) groups excluding carboxylic acids is 1. The fraction of sp³-hybridized carbons (Fsp3) is 0.267. The van der Waals surface area contributed by atoms with E-state index in [2.05, 4.69) is 0 Å². The van der Waals surface area contributed by atoms with Gasteiger partial charge < -0.3 is 9.47 Å². The molecule has 0 saturated heterocycles. The molecule has 0 aromatic heterocycles. The molecule has 0 saturated carbocycles. The van der Waals surface area contributed by atoms with Gasteiger partial charge in [0.05, 0.1) is 20.1 Å². The summed E-state index contributed by atoms with van der Waals surface area (Å²) in [5.41, 5.74) is 0.980. The van der Waals surface area contributed by atoms with Gasteiger partial charge in [0.2, 0.25) is 0 Å². The van der Waals surface area contributed by atoms with Gasteiger partial charge in [-0.3, -0.25) is 4.79 Å². The molecule has 0 aliphatic carbocycles. The summed E-state index contributed by atoms with van der Waals surface area (Å²) in [7, 11) is 1.64. The van der Waals surface area contributed by atoms with Crippen LogP contribution in [-0.2, 0) is 16.0 Å². The SMILES string of the molecule is CCOC(=O)Cc1cccc2cc(OC)ccc12. The maximum Gasteiger partial charge on any atom is 0.310 e. The molecular formula is C15H16O3. The highest BCUT2D eigenvalue weighted by atomic mass is 16.5. The smallest absolute Gasteiger partial charge is 0.310 e. The summed E-state index contributed by atoms with van der Waals surface area (Å²) in [4.78, 5) is 11.5. The van der Waals surface area contributed by atoms with Gasteiger partial charge >= 0.3 is 5.97 Å². The Kier molecular flexibility index (Phi) is 3.82. The molecule has 0 spiro atoms. The summed E-state index contributed by atoms with van der Waals surface area (Å²) in [6.07, 6.45) is 0.303. The third-order valence-electron chi connectivity index (χ3n) is 2.82. The van der Waals surface area contributed by atoms with Crippen molar-refractivity contribution in [2.45, 2.75) is 13.3 Å². The number of fused-ring (bicyclic) bond motifs is 1. The van der Waals surface area contributed by atoms with Crippen LogP contribution in [0.4, 0.5) is 0 Å². The highest BCUT2D eigenvalue weighted by Gasteiger charge is 2.07. The summed E-state index contributed by atoms with van der Waals surface area (Å²) >= 11 is 0. The van der Waals surface area contributed by atoms with E-state index in [0.29, 0.717) is 13.0 Å². The second-order valence-corrected chi connectivity index (χ2v) is 3.99. The van der Waals surface area contributed by atoms with E-state index in [4.69, 9.17) is 9.47 Å². The molecule has 0 atom stereocenters. The summed E-state index contributed by atoms with van der Waals surface area (Å²) in [5, 5.41) is 2.13. The lowest BCUT2D eigenvalue weighted by molar-refractivity contribution is -0.142. The molecule has 0 aliphatic heterocycles. The van der Waals surface area contributed by atoms with E-state index in [-0.39, 0.29) is 5.97 Å². The highest BCUT2D eigenvalue weighted by Crippen LogP contribution is 2.24. The Hall–Kier alpha value is -2.03. The van der Waals surface area contributed by atoms with Crippen LogP contribution >= 0.6 is 0 Å². The highest BCUT2D eigenvalue weighted by molar-refractivity contribution is 5.89. The first-order valence-corrected chi connectivity index (χ1v) is 5.96. The molecule has 0 aliphatic rings. The lowest BCUT2D eigenvalue weighted by Gasteiger charge is -2.07. The lowest BCUT2D eigenvalue weighted by atomic mass is 10.0. The molecule has 3 heteroatoms. The average Bonchev–Trinajstić information content (AvgIpc) is 2.38. The summed E-state index contributed by atoms with van der Waals surface area (Å²) < 4.78 is 10.2. The molecule has 3 nitrogen and oxygen atoms in total. The van der Waals surface area contributed by atoms with E-state index >= 15 is 0 Å². The molecule has 2 aromatic rings. The van der Waals surface area contributed by atoms with Crippen molar-refractivity contribution >= 4 is 16.7 Å². The minimum Gasteiger partial charge on any atom is -0.497 e. The van der Waals surface area contributed by atoms with Crippen molar-refractivity contribution in [3.05, 3.63) is 42.0 Å². The lowest BCUT2D eigenvalue weighted by Crippen LogP contribution is -2.07. The van der Waals surface area contributed by atoms with Gasteiger partial charge in [-0.25, -0.2) is 0 Å². The Morgan fingerprint density at radius 1 is 1.22 bits per heavy atom. The molecule has 0 radical (unpaired) electrons. The topological polar surface area (TPSA) is 35.5 Å². The average molecular weight is 244 g/mol. The Balaban J connectivity index is 2.36. The Morgan fingerprint density at radius 2 is 2.06 bits per heavy atom. The van der Waals surface area contributed by atoms with E-state index in [1.807, 2.05) is 43.3 Å². The molecule has 0 N–H and O–H groups in total. The van der Waals surface area contributed by atoms with Crippen molar-refractivity contribution in [2.75, 3.05) is 13.7 Å². The second kappa shape index (κ2) is 5.54. The van der Waals surface area contributed by atoms with E-state index in [0.717, 1.165) is 22.1 Å². The van der Waals surface area contributed by atoms with Gasteiger partial charge in [0.1, 0.15) is 5.75 Å². The molecule has 18 heavy (non-hydrogen) atoms. The zero-order valence-corrected chi connectivity index (χ0v) is 10.6. The fourth-order valence-electron chi connectivity index (χ4n) is 1.98. The standard InChI is InChI=1S/C15H16O3/c1-3-18-15(16)10-12-6-4-5-11-9-13(17-2)7-8-14(11)12/h4-9H,3,10H2,1-2H3. The summed E-state index contributed by atoms with van der Waals surface area (Å²) in [6, 6.07) is 11.7. The van der Waals surface area contributed by atoms with E-state index < -0.39 is 0 Å². The van der Waals surface area contributed by atoms with Crippen LogP contribution in [0.15, 0.2) is 36.4 Å². The number of carbonyl (C=O) groups is 1. The van der Waals surface area contributed by atoms with Crippen LogP contribution in [0.3, 0.4) is 0 Å². The molecule has 0 fully saturated rings. The van der Waals surface area contributed by atoms with Crippen LogP contribution < -0.4 is 4.74 Å². The zero-order chi connectivity index (χ0) is 13.0. The number of esters is 1. The second-order valence-electron chi connectivity index (χ2n) is 3.99. The van der Waals surface area contributed by atoms with E-state index in [1.165, 1.54) is 0 Å². The van der Waals surface area contributed by atoms with Crippen molar-refractivity contribution in [1.29, 1.82) is 0 Å². The molecule has 94 valence electrons. The minimum absolute atomic E-state index is 0.194. The van der Waals surface area contributed by atoms with E-state index in [9.17, 15) is 4.79 Å². The van der Waals surface area contributed by atoms with Crippen LogP contribution in [0, 0.1) is 0 Å². The molecule has 2 rings (SSSR count). The van der Waals surface area contributed by atoms with Gasteiger partial charge in [0, 0.05) is 0 Å². The maximum atomic E-state index is 11.5. The van der Waals surface area contributed by atoms with Gasteiger partial charge in [-0.15, -0.1) is 0 Å². The van der Waals surface area contributed by atoms with Crippen molar-refractivity contribution in [3.8, 4) is 5.75 Å². The number of rotatable bonds is 4. The number of hydrogen-bond acceptors (Lipinski definition) is 3. The molecule has 2 aromatic carbocycles. The van der Waals surface area contributed by atoms with Crippen molar-refractivity contribution in [2.24, 2.45) is 0 Å². The Morgan fingerprint density at radius 3 is 2.78 bits per heavy atom. The minimum atomic E-state index is -0.194. The molecule has 0 bridgehead atoms. The molecular weight excluding hydrogens is 228 g/mol. The predicted octanol–water partition coefficient (Wildman–Crippen LogP) is 2.95. The van der Waals surface area contributed by atoms with Gasteiger partial charge in [0.25, 0.3) is 0 Å². The number of ether oxygens (including phenoxy) is 2.